The predicted molar refractivity (Wildman–Crippen MR) is 97.4 cm³/mol. The maximum absolute atomic E-state index is 12.3. The smallest absolute Gasteiger partial charge is 0.274 e. The fraction of sp³-hybridized carbons (Fsp3) is 0.368. The number of carbonyl (C=O) groups is 1. The Labute approximate surface area is 147 Å². The molecule has 1 N–H and O–H groups in total. The van der Waals surface area contributed by atoms with E-state index in [0.29, 0.717) is 11.4 Å². The number of ether oxygens (including phenoxy) is 2. The summed E-state index contributed by atoms with van der Waals surface area (Å²) in [5, 5.41) is 2.85. The van der Waals surface area contributed by atoms with Crippen molar-refractivity contribution in [1.29, 1.82) is 0 Å². The van der Waals surface area contributed by atoms with Crippen LogP contribution in [0.15, 0.2) is 42.6 Å². The highest BCUT2D eigenvalue weighted by Gasteiger charge is 2.13. The maximum atomic E-state index is 12.3. The normalized spacial score (nSPS) is 14.4. The molecule has 0 radical (unpaired) electrons. The molecule has 1 saturated heterocycles. The minimum Gasteiger partial charge on any atom is -0.491 e. The van der Waals surface area contributed by atoms with Gasteiger partial charge in [-0.3, -0.25) is 4.79 Å². The molecular formula is C19H23N3O3. The summed E-state index contributed by atoms with van der Waals surface area (Å²) >= 11 is 0. The highest BCUT2D eigenvalue weighted by Crippen LogP contribution is 2.18. The van der Waals surface area contributed by atoms with Crippen LogP contribution in [0, 0.1) is 0 Å². The van der Waals surface area contributed by atoms with Gasteiger partial charge in [-0.2, -0.15) is 0 Å². The Balaban J connectivity index is 1.60. The summed E-state index contributed by atoms with van der Waals surface area (Å²) in [5.41, 5.74) is 2.11. The van der Waals surface area contributed by atoms with Crippen molar-refractivity contribution >= 4 is 17.3 Å². The topological polar surface area (TPSA) is 63.7 Å². The molecule has 1 aliphatic heterocycles. The molecule has 0 atom stereocenters. The van der Waals surface area contributed by atoms with Gasteiger partial charge >= 0.3 is 0 Å². The highest BCUT2D eigenvalue weighted by atomic mass is 16.5. The lowest BCUT2D eigenvalue weighted by Crippen LogP contribution is -2.36. The van der Waals surface area contributed by atoms with E-state index in [1.54, 1.807) is 12.3 Å². The number of rotatable bonds is 5. The van der Waals surface area contributed by atoms with Crippen LogP contribution >= 0.6 is 0 Å². The number of anilines is 2. The number of aromatic nitrogens is 1. The van der Waals surface area contributed by atoms with Gasteiger partial charge < -0.3 is 19.7 Å². The molecule has 2 heterocycles. The third-order valence-corrected chi connectivity index (χ3v) is 3.84. The molecule has 6 nitrogen and oxygen atoms in total. The number of pyridine rings is 1. The Morgan fingerprint density at radius 1 is 1.16 bits per heavy atom. The first-order valence-corrected chi connectivity index (χ1v) is 8.48. The Bertz CT molecular complexity index is 693. The van der Waals surface area contributed by atoms with Crippen molar-refractivity contribution in [1.82, 2.24) is 4.98 Å². The monoisotopic (exact) mass is 341 g/mol. The van der Waals surface area contributed by atoms with E-state index >= 15 is 0 Å². The Hall–Kier alpha value is -2.60. The molecule has 132 valence electrons. The lowest BCUT2D eigenvalue weighted by molar-refractivity contribution is 0.102. The summed E-state index contributed by atoms with van der Waals surface area (Å²) < 4.78 is 10.9. The largest absolute Gasteiger partial charge is 0.491 e. The van der Waals surface area contributed by atoms with Crippen molar-refractivity contribution in [2.45, 2.75) is 20.0 Å². The fourth-order valence-corrected chi connectivity index (χ4v) is 2.61. The van der Waals surface area contributed by atoms with Gasteiger partial charge in [0.15, 0.2) is 0 Å². The van der Waals surface area contributed by atoms with Crippen LogP contribution in [0.25, 0.3) is 0 Å². The van der Waals surface area contributed by atoms with Gasteiger partial charge in [0.25, 0.3) is 5.91 Å². The quantitative estimate of drug-likeness (QED) is 0.906. The number of hydrogen-bond acceptors (Lipinski definition) is 5. The van der Waals surface area contributed by atoms with Crippen LogP contribution in [-0.2, 0) is 4.74 Å². The molecule has 1 fully saturated rings. The van der Waals surface area contributed by atoms with Gasteiger partial charge in [0.1, 0.15) is 11.4 Å². The van der Waals surface area contributed by atoms with E-state index in [1.165, 1.54) is 0 Å². The van der Waals surface area contributed by atoms with Crippen molar-refractivity contribution < 1.29 is 14.3 Å². The molecular weight excluding hydrogens is 318 g/mol. The second-order valence-corrected chi connectivity index (χ2v) is 6.15. The van der Waals surface area contributed by atoms with Gasteiger partial charge in [-0.25, -0.2) is 4.98 Å². The Morgan fingerprint density at radius 3 is 2.48 bits per heavy atom. The standard InChI is InChI=1S/C19H23N3O3/c1-14(2)25-17-6-3-15(4-7-17)21-19(23)18-8-5-16(13-20-18)22-9-11-24-12-10-22/h3-8,13-14H,9-12H2,1-2H3,(H,21,23). The van der Waals surface area contributed by atoms with E-state index < -0.39 is 0 Å². The number of nitrogens with one attached hydrogen (secondary N) is 1. The van der Waals surface area contributed by atoms with E-state index in [2.05, 4.69) is 15.2 Å². The van der Waals surface area contributed by atoms with Crippen molar-refractivity contribution in [3.8, 4) is 5.75 Å². The molecule has 1 aromatic carbocycles. The molecule has 0 bridgehead atoms. The first-order chi connectivity index (χ1) is 12.1. The van der Waals surface area contributed by atoms with Gasteiger partial charge in [-0.05, 0) is 50.2 Å². The van der Waals surface area contributed by atoms with E-state index in [4.69, 9.17) is 9.47 Å². The third-order valence-electron chi connectivity index (χ3n) is 3.84. The molecule has 0 unspecified atom stereocenters. The SMILES string of the molecule is CC(C)Oc1ccc(NC(=O)c2ccc(N3CCOCC3)cn2)cc1. The molecule has 6 heteroatoms. The molecule has 1 aliphatic rings. The van der Waals surface area contributed by atoms with E-state index in [-0.39, 0.29) is 12.0 Å². The van der Waals surface area contributed by atoms with Gasteiger partial charge in [-0.15, -0.1) is 0 Å². The third kappa shape index (κ3) is 4.70. The van der Waals surface area contributed by atoms with Crippen LogP contribution in [0.3, 0.4) is 0 Å². The second kappa shape index (κ2) is 7.98. The van der Waals surface area contributed by atoms with E-state index in [9.17, 15) is 4.79 Å². The number of morpholine rings is 1. The zero-order valence-electron chi connectivity index (χ0n) is 14.6. The number of nitrogens with zero attached hydrogens (tertiary/aromatic N) is 2. The average Bonchev–Trinajstić information content (AvgIpc) is 2.64. The zero-order valence-corrected chi connectivity index (χ0v) is 14.6. The summed E-state index contributed by atoms with van der Waals surface area (Å²) in [6.07, 6.45) is 1.86. The van der Waals surface area contributed by atoms with Gasteiger partial charge in [0, 0.05) is 18.8 Å². The summed E-state index contributed by atoms with van der Waals surface area (Å²) in [6, 6.07) is 11.0. The van der Waals surface area contributed by atoms with Crippen molar-refractivity contribution in [2.75, 3.05) is 36.5 Å². The van der Waals surface area contributed by atoms with Crippen LogP contribution < -0.4 is 15.0 Å². The number of amides is 1. The Morgan fingerprint density at radius 2 is 1.88 bits per heavy atom. The summed E-state index contributed by atoms with van der Waals surface area (Å²) in [5.74, 6) is 0.548. The number of hydrogen-bond donors (Lipinski definition) is 1. The van der Waals surface area contributed by atoms with E-state index in [0.717, 1.165) is 37.7 Å². The summed E-state index contributed by atoms with van der Waals surface area (Å²) in [6.45, 7) is 7.08. The van der Waals surface area contributed by atoms with E-state index in [1.807, 2.05) is 44.2 Å². The number of carbonyl (C=O) groups excluding carboxylic acids is 1. The maximum Gasteiger partial charge on any atom is 0.274 e. The van der Waals surface area contributed by atoms with Crippen LogP contribution in [0.4, 0.5) is 11.4 Å². The van der Waals surface area contributed by atoms with Crippen molar-refractivity contribution in [3.05, 3.63) is 48.3 Å². The van der Waals surface area contributed by atoms with Crippen molar-refractivity contribution in [2.24, 2.45) is 0 Å². The average molecular weight is 341 g/mol. The predicted octanol–water partition coefficient (Wildman–Crippen LogP) is 2.96. The first-order valence-electron chi connectivity index (χ1n) is 8.48. The Kier molecular flexibility index (Phi) is 5.50. The summed E-state index contributed by atoms with van der Waals surface area (Å²) in [4.78, 5) is 18.8. The molecule has 0 saturated carbocycles. The van der Waals surface area contributed by atoms with Gasteiger partial charge in [0.05, 0.1) is 31.2 Å². The van der Waals surface area contributed by atoms with Crippen molar-refractivity contribution in [3.63, 3.8) is 0 Å². The molecule has 0 aliphatic carbocycles. The van der Waals surface area contributed by atoms with Gasteiger partial charge in [-0.1, -0.05) is 0 Å². The zero-order chi connectivity index (χ0) is 17.6. The van der Waals surface area contributed by atoms with Crippen LogP contribution in [-0.4, -0.2) is 43.3 Å². The van der Waals surface area contributed by atoms with Gasteiger partial charge in [0.2, 0.25) is 0 Å². The number of benzene rings is 1. The van der Waals surface area contributed by atoms with Crippen LogP contribution in [0.2, 0.25) is 0 Å². The molecule has 2 aromatic rings. The minimum absolute atomic E-state index is 0.120. The summed E-state index contributed by atoms with van der Waals surface area (Å²) in [7, 11) is 0. The molecule has 0 spiro atoms. The molecule has 3 rings (SSSR count). The van der Waals surface area contributed by atoms with Crippen LogP contribution in [0.5, 0.6) is 5.75 Å². The lowest BCUT2D eigenvalue weighted by atomic mass is 10.2. The fourth-order valence-electron chi connectivity index (χ4n) is 2.61. The second-order valence-electron chi connectivity index (χ2n) is 6.15. The molecule has 1 aromatic heterocycles. The minimum atomic E-state index is -0.231. The highest BCUT2D eigenvalue weighted by molar-refractivity contribution is 6.02. The molecule has 1 amide bonds. The van der Waals surface area contributed by atoms with Crippen LogP contribution in [0.1, 0.15) is 24.3 Å². The first kappa shape index (κ1) is 17.2. The lowest BCUT2D eigenvalue weighted by Gasteiger charge is -2.28. The molecule has 25 heavy (non-hydrogen) atoms.